The number of aliphatic hydroxyl groups excluding tert-OH is 1. The van der Waals surface area contributed by atoms with Gasteiger partial charge in [0.25, 0.3) is 5.69 Å². The molecule has 14 heteroatoms. The van der Waals surface area contributed by atoms with Gasteiger partial charge < -0.3 is 19.1 Å². The Labute approximate surface area is 310 Å². The average Bonchev–Trinajstić information content (AvgIpc) is 3.40. The molecule has 8 nitrogen and oxygen atoms in total. The van der Waals surface area contributed by atoms with Crippen molar-refractivity contribution in [1.82, 2.24) is 0 Å². The summed E-state index contributed by atoms with van der Waals surface area (Å²) in [6, 6.07) is 11.0. The summed E-state index contributed by atoms with van der Waals surface area (Å²) in [5.41, 5.74) is 2.24. The minimum Gasteiger partial charge on any atom is -0.616 e. The molecule has 2 fully saturated rings. The minimum absolute atomic E-state index is 0.0839. The van der Waals surface area contributed by atoms with Gasteiger partial charge in [-0.25, -0.2) is 4.79 Å². The summed E-state index contributed by atoms with van der Waals surface area (Å²) < 4.78 is 85.9. The number of carbonyl (C=O) groups is 1. The van der Waals surface area contributed by atoms with Crippen LogP contribution >= 0.6 is 0 Å². The lowest BCUT2D eigenvalue weighted by Crippen LogP contribution is -2.47. The van der Waals surface area contributed by atoms with E-state index in [1.54, 1.807) is 6.07 Å². The van der Waals surface area contributed by atoms with E-state index in [0.717, 1.165) is 82.6 Å². The van der Waals surface area contributed by atoms with Gasteiger partial charge in [-0.3, -0.25) is 10.1 Å². The van der Waals surface area contributed by atoms with Crippen molar-refractivity contribution in [2.24, 2.45) is 23.2 Å². The van der Waals surface area contributed by atoms with Crippen molar-refractivity contribution in [3.05, 3.63) is 63.7 Å². The number of benzene rings is 2. The van der Waals surface area contributed by atoms with Crippen LogP contribution in [-0.2, 0) is 17.6 Å². The Hall–Kier alpha value is -2.97. The van der Waals surface area contributed by atoms with E-state index < -0.39 is 47.2 Å². The molecule has 0 aromatic heterocycles. The van der Waals surface area contributed by atoms with Gasteiger partial charge in [0.2, 0.25) is 0 Å². The molecule has 0 heterocycles. The SMILES string of the molecule is CC12CCC3c4ccc(OC(=O)Oc5ccc([N+](=O)[O-])cc5)cc4CC(CCCCCCCCC[S+]([O-])CCCC(F)(F)C(F)(F)F)C3C1CCC2O. The first-order valence-electron chi connectivity index (χ1n) is 18.8. The standard InChI is InChI=1S/C39H50F5NO7S/c1-37-21-19-32-31-16-15-30(52-36(47)51-29-13-11-28(12-14-29)45(48)49)25-27(31)24-26(35(32)33(37)17-18-34(37)46)10-7-5-3-2-4-6-8-22-53(50)23-9-20-38(40,41)39(42,43)44/h11-16,25-26,32-35,46H,2-10,17-24H2,1H3. The number of fused-ring (bicyclic) bond motifs is 5. The number of carbonyl (C=O) groups excluding carboxylic acids is 1. The normalized spacial score (nSPS) is 25.9. The predicted molar refractivity (Wildman–Crippen MR) is 191 cm³/mol. The Kier molecular flexibility index (Phi) is 13.7. The summed E-state index contributed by atoms with van der Waals surface area (Å²) in [5, 5.41) is 21.9. The highest BCUT2D eigenvalue weighted by molar-refractivity contribution is 7.91. The van der Waals surface area contributed by atoms with Crippen LogP contribution in [0.2, 0.25) is 0 Å². The van der Waals surface area contributed by atoms with Gasteiger partial charge in [0.05, 0.1) is 11.0 Å². The van der Waals surface area contributed by atoms with E-state index in [-0.39, 0.29) is 28.7 Å². The van der Waals surface area contributed by atoms with Crippen molar-refractivity contribution >= 4 is 23.0 Å². The van der Waals surface area contributed by atoms with Gasteiger partial charge >= 0.3 is 18.3 Å². The third kappa shape index (κ3) is 10.2. The lowest BCUT2D eigenvalue weighted by molar-refractivity contribution is -0.384. The van der Waals surface area contributed by atoms with Crippen molar-refractivity contribution in [2.45, 2.75) is 127 Å². The highest BCUT2D eigenvalue weighted by atomic mass is 32.2. The third-order valence-electron chi connectivity index (χ3n) is 12.0. The van der Waals surface area contributed by atoms with Gasteiger partial charge in [0, 0.05) is 18.6 Å². The number of rotatable bonds is 17. The van der Waals surface area contributed by atoms with Crippen molar-refractivity contribution in [1.29, 1.82) is 0 Å². The lowest BCUT2D eigenvalue weighted by Gasteiger charge is -2.53. The number of unbranched alkanes of at least 4 members (excludes halogenated alkanes) is 6. The zero-order valence-corrected chi connectivity index (χ0v) is 30.9. The van der Waals surface area contributed by atoms with Crippen molar-refractivity contribution in [2.75, 3.05) is 11.5 Å². The summed E-state index contributed by atoms with van der Waals surface area (Å²) in [6.07, 6.45) is 3.74. The van der Waals surface area contributed by atoms with E-state index in [9.17, 15) is 46.5 Å². The first-order chi connectivity index (χ1) is 25.1. The van der Waals surface area contributed by atoms with Crippen LogP contribution in [0.15, 0.2) is 42.5 Å². The fourth-order valence-electron chi connectivity index (χ4n) is 9.19. The van der Waals surface area contributed by atoms with E-state index in [4.69, 9.17) is 9.47 Å². The van der Waals surface area contributed by atoms with Crippen LogP contribution in [0.25, 0.3) is 0 Å². The van der Waals surface area contributed by atoms with Gasteiger partial charge in [-0.05, 0) is 122 Å². The largest absolute Gasteiger partial charge is 0.616 e. The summed E-state index contributed by atoms with van der Waals surface area (Å²) in [6.45, 7) is 2.26. The molecule has 294 valence electrons. The second-order valence-corrected chi connectivity index (χ2v) is 17.1. The summed E-state index contributed by atoms with van der Waals surface area (Å²) in [4.78, 5) is 23.0. The monoisotopic (exact) mass is 771 g/mol. The van der Waals surface area contributed by atoms with E-state index in [0.29, 0.717) is 41.6 Å². The smallest absolute Gasteiger partial charge is 0.519 e. The molecule has 0 amide bonds. The molecule has 5 rings (SSSR count). The molecule has 3 aliphatic carbocycles. The number of hydrogen-bond acceptors (Lipinski definition) is 7. The molecule has 0 saturated heterocycles. The highest BCUT2D eigenvalue weighted by Gasteiger charge is 2.57. The molecular formula is C39H50F5NO7S. The first kappa shape index (κ1) is 41.2. The number of alkyl halides is 5. The van der Waals surface area contributed by atoms with Crippen LogP contribution < -0.4 is 9.47 Å². The Morgan fingerprint density at radius 2 is 1.53 bits per heavy atom. The molecule has 0 aliphatic heterocycles. The quantitative estimate of drug-likeness (QED) is 0.0323. The zero-order valence-electron chi connectivity index (χ0n) is 30.1. The molecule has 2 aromatic carbocycles. The predicted octanol–water partition coefficient (Wildman–Crippen LogP) is 10.5. The summed E-state index contributed by atoms with van der Waals surface area (Å²) in [5.74, 6) is -2.41. The fourth-order valence-corrected chi connectivity index (χ4v) is 10.4. The molecule has 7 unspecified atom stereocenters. The van der Waals surface area contributed by atoms with E-state index in [2.05, 4.69) is 13.0 Å². The number of non-ortho nitro benzene ring substituents is 1. The molecule has 2 aromatic rings. The third-order valence-corrected chi connectivity index (χ3v) is 13.5. The Morgan fingerprint density at radius 3 is 2.21 bits per heavy atom. The fraction of sp³-hybridized carbons (Fsp3) is 0.667. The summed E-state index contributed by atoms with van der Waals surface area (Å²) in [7, 11) is 0. The number of aliphatic hydroxyl groups is 1. The second kappa shape index (κ2) is 17.7. The average molecular weight is 772 g/mol. The lowest BCUT2D eigenvalue weighted by atomic mass is 9.52. The molecule has 0 bridgehead atoms. The number of nitro groups is 1. The topological polar surface area (TPSA) is 122 Å². The van der Waals surface area contributed by atoms with Crippen molar-refractivity contribution < 1.29 is 50.8 Å². The van der Waals surface area contributed by atoms with Gasteiger partial charge in [0.15, 0.2) is 0 Å². The number of halogens is 5. The Balaban J connectivity index is 1.09. The van der Waals surface area contributed by atoms with Crippen molar-refractivity contribution in [3.63, 3.8) is 0 Å². The van der Waals surface area contributed by atoms with Gasteiger partial charge in [0.1, 0.15) is 23.0 Å². The van der Waals surface area contributed by atoms with E-state index in [1.807, 2.05) is 6.07 Å². The van der Waals surface area contributed by atoms with Crippen LogP contribution in [0.1, 0.15) is 114 Å². The van der Waals surface area contributed by atoms with Crippen LogP contribution in [0.4, 0.5) is 32.4 Å². The first-order valence-corrected chi connectivity index (χ1v) is 20.3. The molecule has 0 radical (unpaired) electrons. The van der Waals surface area contributed by atoms with Crippen LogP contribution in [0, 0.1) is 33.3 Å². The number of hydrogen-bond donors (Lipinski definition) is 1. The second-order valence-electron chi connectivity index (χ2n) is 15.4. The number of ether oxygens (including phenoxy) is 2. The maximum absolute atomic E-state index is 13.0. The molecule has 3 aliphatic rings. The van der Waals surface area contributed by atoms with E-state index in [1.165, 1.54) is 29.8 Å². The zero-order chi connectivity index (χ0) is 38.4. The molecule has 2 saturated carbocycles. The molecule has 1 N–H and O–H groups in total. The maximum atomic E-state index is 13.0. The molecule has 0 spiro atoms. The maximum Gasteiger partial charge on any atom is 0.519 e. The van der Waals surface area contributed by atoms with E-state index >= 15 is 0 Å². The molecular weight excluding hydrogens is 721 g/mol. The van der Waals surface area contributed by atoms with Gasteiger partial charge in [-0.1, -0.05) is 56.3 Å². The van der Waals surface area contributed by atoms with Crippen LogP contribution in [0.5, 0.6) is 11.5 Å². The Morgan fingerprint density at radius 1 is 0.906 bits per heavy atom. The highest BCUT2D eigenvalue weighted by Crippen LogP contribution is 2.62. The summed E-state index contributed by atoms with van der Waals surface area (Å²) >= 11 is -1.40. The van der Waals surface area contributed by atoms with Gasteiger partial charge in [-0.2, -0.15) is 22.0 Å². The van der Waals surface area contributed by atoms with Gasteiger partial charge in [-0.15, -0.1) is 0 Å². The van der Waals surface area contributed by atoms with Crippen LogP contribution in [0.3, 0.4) is 0 Å². The molecule has 53 heavy (non-hydrogen) atoms. The number of nitrogens with zero attached hydrogens (tertiary/aromatic N) is 1. The van der Waals surface area contributed by atoms with Crippen molar-refractivity contribution in [3.8, 4) is 11.5 Å². The number of nitro benzene ring substituents is 1. The van der Waals surface area contributed by atoms with Crippen LogP contribution in [-0.4, -0.2) is 50.4 Å². The Bertz CT molecular complexity index is 1540. The minimum atomic E-state index is -5.57. The molecule has 7 atom stereocenters.